The van der Waals surface area contributed by atoms with E-state index in [1.807, 2.05) is 36.9 Å². The van der Waals surface area contributed by atoms with Crippen LogP contribution in [0, 0.1) is 0 Å². The fourth-order valence-corrected chi connectivity index (χ4v) is 2.51. The predicted molar refractivity (Wildman–Crippen MR) is 69.3 cm³/mol. The summed E-state index contributed by atoms with van der Waals surface area (Å²) < 4.78 is 1.89. The van der Waals surface area contributed by atoms with Gasteiger partial charge >= 0.3 is 0 Å². The van der Waals surface area contributed by atoms with Gasteiger partial charge in [-0.3, -0.25) is 0 Å². The summed E-state index contributed by atoms with van der Waals surface area (Å²) >= 11 is 7.58. The first-order chi connectivity index (χ1) is 8.20. The molecule has 0 bridgehead atoms. The van der Waals surface area contributed by atoms with Crippen molar-refractivity contribution in [2.75, 3.05) is 7.05 Å². The van der Waals surface area contributed by atoms with E-state index in [1.54, 1.807) is 18.1 Å². The summed E-state index contributed by atoms with van der Waals surface area (Å²) in [6.45, 7) is 0.779. The van der Waals surface area contributed by atoms with E-state index in [2.05, 4.69) is 15.5 Å². The van der Waals surface area contributed by atoms with E-state index in [0.717, 1.165) is 27.2 Å². The molecule has 0 aliphatic heterocycles. The van der Waals surface area contributed by atoms with Gasteiger partial charge < -0.3 is 9.88 Å². The van der Waals surface area contributed by atoms with Crippen molar-refractivity contribution in [3.8, 4) is 0 Å². The SMILES string of the molecule is CNCc1cc(Cl)ccc1Sc1nncn1C. The zero-order valence-electron chi connectivity index (χ0n) is 9.64. The van der Waals surface area contributed by atoms with Crippen LogP contribution in [0.2, 0.25) is 5.02 Å². The van der Waals surface area contributed by atoms with E-state index in [4.69, 9.17) is 11.6 Å². The number of hydrogen-bond acceptors (Lipinski definition) is 4. The minimum absolute atomic E-state index is 0.748. The Labute approximate surface area is 109 Å². The molecule has 0 aliphatic carbocycles. The number of aromatic nitrogens is 3. The fourth-order valence-electron chi connectivity index (χ4n) is 1.44. The van der Waals surface area contributed by atoms with E-state index < -0.39 is 0 Å². The Bertz CT molecular complexity index is 512. The molecule has 0 spiro atoms. The molecule has 1 N–H and O–H groups in total. The highest BCUT2D eigenvalue weighted by Gasteiger charge is 2.08. The summed E-state index contributed by atoms with van der Waals surface area (Å²) in [6.07, 6.45) is 1.69. The summed E-state index contributed by atoms with van der Waals surface area (Å²) in [7, 11) is 3.84. The van der Waals surface area contributed by atoms with Crippen LogP contribution < -0.4 is 5.32 Å². The van der Waals surface area contributed by atoms with Gasteiger partial charge in [0, 0.05) is 23.5 Å². The van der Waals surface area contributed by atoms with Crippen molar-refractivity contribution in [3.05, 3.63) is 35.1 Å². The van der Waals surface area contributed by atoms with Gasteiger partial charge in [0.2, 0.25) is 0 Å². The van der Waals surface area contributed by atoms with Crippen molar-refractivity contribution in [1.82, 2.24) is 20.1 Å². The molecule has 1 heterocycles. The average Bonchev–Trinajstić information content (AvgIpc) is 2.69. The highest BCUT2D eigenvalue weighted by molar-refractivity contribution is 7.99. The van der Waals surface area contributed by atoms with Gasteiger partial charge in [0.25, 0.3) is 0 Å². The highest BCUT2D eigenvalue weighted by atomic mass is 35.5. The fraction of sp³-hybridized carbons (Fsp3) is 0.273. The minimum Gasteiger partial charge on any atom is -0.316 e. The van der Waals surface area contributed by atoms with Gasteiger partial charge in [-0.25, -0.2) is 0 Å². The van der Waals surface area contributed by atoms with E-state index in [1.165, 1.54) is 0 Å². The second-order valence-electron chi connectivity index (χ2n) is 3.61. The summed E-state index contributed by atoms with van der Waals surface area (Å²) in [6, 6.07) is 5.87. The molecule has 4 nitrogen and oxygen atoms in total. The topological polar surface area (TPSA) is 42.7 Å². The maximum absolute atomic E-state index is 6.00. The molecule has 17 heavy (non-hydrogen) atoms. The van der Waals surface area contributed by atoms with Crippen molar-refractivity contribution in [1.29, 1.82) is 0 Å². The highest BCUT2D eigenvalue weighted by Crippen LogP contribution is 2.30. The van der Waals surface area contributed by atoms with Crippen LogP contribution >= 0.6 is 23.4 Å². The largest absolute Gasteiger partial charge is 0.316 e. The van der Waals surface area contributed by atoms with Crippen LogP contribution in [-0.4, -0.2) is 21.8 Å². The molecule has 0 saturated carbocycles. The quantitative estimate of drug-likeness (QED) is 0.924. The van der Waals surface area contributed by atoms with Crippen molar-refractivity contribution in [2.24, 2.45) is 7.05 Å². The maximum atomic E-state index is 6.00. The molecule has 0 radical (unpaired) electrons. The van der Waals surface area contributed by atoms with E-state index >= 15 is 0 Å². The molecule has 0 atom stereocenters. The smallest absolute Gasteiger partial charge is 0.195 e. The molecule has 0 saturated heterocycles. The molecule has 90 valence electrons. The van der Waals surface area contributed by atoms with Gasteiger partial charge in [0.15, 0.2) is 5.16 Å². The zero-order chi connectivity index (χ0) is 12.3. The van der Waals surface area contributed by atoms with Gasteiger partial charge in [0.05, 0.1) is 0 Å². The van der Waals surface area contributed by atoms with Crippen LogP contribution in [0.3, 0.4) is 0 Å². The third-order valence-corrected chi connectivity index (χ3v) is 3.67. The Hall–Kier alpha value is -1.04. The molecule has 0 aliphatic rings. The summed E-state index contributed by atoms with van der Waals surface area (Å²) in [5, 5.41) is 12.7. The normalized spacial score (nSPS) is 10.8. The molecule has 0 unspecified atom stereocenters. The predicted octanol–water partition coefficient (Wildman–Crippen LogP) is 2.34. The van der Waals surface area contributed by atoms with Crippen molar-refractivity contribution in [3.63, 3.8) is 0 Å². The second kappa shape index (κ2) is 5.53. The lowest BCUT2D eigenvalue weighted by atomic mass is 10.2. The van der Waals surface area contributed by atoms with E-state index in [9.17, 15) is 0 Å². The molecule has 0 fully saturated rings. The molecule has 1 aromatic heterocycles. The van der Waals surface area contributed by atoms with Crippen molar-refractivity contribution < 1.29 is 0 Å². The Kier molecular flexibility index (Phi) is 4.04. The van der Waals surface area contributed by atoms with Crippen molar-refractivity contribution >= 4 is 23.4 Å². The number of benzene rings is 1. The minimum atomic E-state index is 0.748. The van der Waals surface area contributed by atoms with Gasteiger partial charge in [-0.1, -0.05) is 11.6 Å². The summed E-state index contributed by atoms with van der Waals surface area (Å²) in [4.78, 5) is 1.14. The van der Waals surface area contributed by atoms with Crippen molar-refractivity contribution in [2.45, 2.75) is 16.6 Å². The van der Waals surface area contributed by atoms with Gasteiger partial charge in [-0.2, -0.15) is 0 Å². The lowest BCUT2D eigenvalue weighted by Gasteiger charge is -2.08. The van der Waals surface area contributed by atoms with Crippen LogP contribution in [0.4, 0.5) is 0 Å². The van der Waals surface area contributed by atoms with Gasteiger partial charge in [0.1, 0.15) is 6.33 Å². The number of nitrogens with one attached hydrogen (secondary N) is 1. The summed E-state index contributed by atoms with van der Waals surface area (Å²) in [5.41, 5.74) is 1.16. The zero-order valence-corrected chi connectivity index (χ0v) is 11.2. The van der Waals surface area contributed by atoms with Crippen LogP contribution in [0.5, 0.6) is 0 Å². The molecule has 2 aromatic rings. The second-order valence-corrected chi connectivity index (χ2v) is 5.05. The summed E-state index contributed by atoms with van der Waals surface area (Å²) in [5.74, 6) is 0. The monoisotopic (exact) mass is 268 g/mol. The first-order valence-electron chi connectivity index (χ1n) is 5.15. The maximum Gasteiger partial charge on any atom is 0.195 e. The first-order valence-corrected chi connectivity index (χ1v) is 6.35. The van der Waals surface area contributed by atoms with Crippen LogP contribution in [0.1, 0.15) is 5.56 Å². The molecule has 6 heteroatoms. The van der Waals surface area contributed by atoms with Gasteiger partial charge in [-0.15, -0.1) is 10.2 Å². The average molecular weight is 269 g/mol. The lowest BCUT2D eigenvalue weighted by Crippen LogP contribution is -2.06. The first kappa shape index (κ1) is 12.4. The van der Waals surface area contributed by atoms with Crippen LogP contribution in [-0.2, 0) is 13.6 Å². The van der Waals surface area contributed by atoms with E-state index in [-0.39, 0.29) is 0 Å². The Morgan fingerprint density at radius 1 is 1.47 bits per heavy atom. The number of halogens is 1. The van der Waals surface area contributed by atoms with Crippen LogP contribution in [0.15, 0.2) is 34.6 Å². The van der Waals surface area contributed by atoms with Crippen LogP contribution in [0.25, 0.3) is 0 Å². The Morgan fingerprint density at radius 3 is 2.94 bits per heavy atom. The third kappa shape index (κ3) is 3.00. The standard InChI is InChI=1S/C11H13ClN4S/c1-13-6-8-5-9(12)3-4-10(8)17-11-15-14-7-16(11)2/h3-5,7,13H,6H2,1-2H3. The number of rotatable bonds is 4. The number of nitrogens with zero attached hydrogens (tertiary/aromatic N) is 3. The molecular weight excluding hydrogens is 256 g/mol. The Morgan fingerprint density at radius 2 is 2.29 bits per heavy atom. The lowest BCUT2D eigenvalue weighted by molar-refractivity contribution is 0.782. The number of hydrogen-bond donors (Lipinski definition) is 1. The van der Waals surface area contributed by atoms with Gasteiger partial charge in [-0.05, 0) is 42.6 Å². The molecule has 1 aromatic carbocycles. The van der Waals surface area contributed by atoms with E-state index in [0.29, 0.717) is 0 Å². The molecule has 2 rings (SSSR count). The Balaban J connectivity index is 2.29. The number of aryl methyl sites for hydroxylation is 1. The molecule has 0 amide bonds. The molecular formula is C11H13ClN4S. The third-order valence-electron chi connectivity index (χ3n) is 2.26.